The molecule has 2 N–H and O–H groups in total. The lowest BCUT2D eigenvalue weighted by Crippen LogP contribution is -2.40. The number of carboxylic acids is 1. The van der Waals surface area contributed by atoms with Gasteiger partial charge < -0.3 is 10.4 Å². The molecule has 136 valence electrons. The Hall–Kier alpha value is -2.73. The van der Waals surface area contributed by atoms with Crippen LogP contribution in [0.2, 0.25) is 0 Å². The van der Waals surface area contributed by atoms with Crippen molar-refractivity contribution in [1.82, 2.24) is 15.2 Å². The predicted octanol–water partition coefficient (Wildman–Crippen LogP) is 2.28. The van der Waals surface area contributed by atoms with E-state index in [2.05, 4.69) is 15.2 Å². The van der Waals surface area contributed by atoms with Gasteiger partial charge in [0.05, 0.1) is 5.56 Å². The average Bonchev–Trinajstić information content (AvgIpc) is 3.17. The predicted molar refractivity (Wildman–Crippen MR) is 97.9 cm³/mol. The summed E-state index contributed by atoms with van der Waals surface area (Å²) in [5.74, 6) is -0.947. The van der Waals surface area contributed by atoms with E-state index in [4.69, 9.17) is 5.11 Å². The number of carboxylic acid groups (broad SMARTS) is 1. The zero-order valence-corrected chi connectivity index (χ0v) is 14.6. The van der Waals surface area contributed by atoms with Crippen LogP contribution >= 0.6 is 0 Å². The molecule has 0 saturated carbocycles. The SMILES string of the molecule is O=C(O)c1ccc(CCNC(=O)[C@H](c2cccnc2)N2CCCC2)cc1. The fraction of sp³-hybridized carbons (Fsp3) is 0.350. The Morgan fingerprint density at radius 1 is 1.15 bits per heavy atom. The fourth-order valence-electron chi connectivity index (χ4n) is 3.31. The van der Waals surface area contributed by atoms with Crippen LogP contribution in [0.4, 0.5) is 0 Å². The second-order valence-electron chi connectivity index (χ2n) is 6.48. The number of benzene rings is 1. The van der Waals surface area contributed by atoms with E-state index < -0.39 is 5.97 Å². The molecule has 0 spiro atoms. The average molecular weight is 353 g/mol. The van der Waals surface area contributed by atoms with E-state index in [9.17, 15) is 9.59 Å². The smallest absolute Gasteiger partial charge is 0.335 e. The van der Waals surface area contributed by atoms with Gasteiger partial charge in [-0.15, -0.1) is 0 Å². The van der Waals surface area contributed by atoms with E-state index >= 15 is 0 Å². The van der Waals surface area contributed by atoms with Crippen molar-refractivity contribution in [2.75, 3.05) is 19.6 Å². The summed E-state index contributed by atoms with van der Waals surface area (Å²) in [4.78, 5) is 30.0. The Labute approximate surface area is 152 Å². The van der Waals surface area contributed by atoms with Crippen molar-refractivity contribution in [1.29, 1.82) is 0 Å². The number of pyridine rings is 1. The van der Waals surface area contributed by atoms with Gasteiger partial charge in [0.1, 0.15) is 6.04 Å². The molecule has 0 bridgehead atoms. The fourth-order valence-corrected chi connectivity index (χ4v) is 3.31. The number of hydrogen-bond acceptors (Lipinski definition) is 4. The first-order chi connectivity index (χ1) is 12.6. The maximum absolute atomic E-state index is 12.8. The molecule has 1 aliphatic rings. The molecule has 1 aliphatic heterocycles. The zero-order chi connectivity index (χ0) is 18.4. The van der Waals surface area contributed by atoms with E-state index in [0.29, 0.717) is 13.0 Å². The molecule has 1 saturated heterocycles. The third-order valence-electron chi connectivity index (χ3n) is 4.67. The van der Waals surface area contributed by atoms with Crippen molar-refractivity contribution in [3.8, 4) is 0 Å². The van der Waals surface area contributed by atoms with E-state index in [1.54, 1.807) is 36.7 Å². The van der Waals surface area contributed by atoms with Gasteiger partial charge in [-0.1, -0.05) is 18.2 Å². The second-order valence-corrected chi connectivity index (χ2v) is 6.48. The maximum Gasteiger partial charge on any atom is 0.335 e. The number of hydrogen-bond donors (Lipinski definition) is 2. The highest BCUT2D eigenvalue weighted by molar-refractivity contribution is 5.87. The van der Waals surface area contributed by atoms with Crippen molar-refractivity contribution in [2.45, 2.75) is 25.3 Å². The van der Waals surface area contributed by atoms with E-state index in [1.807, 2.05) is 12.1 Å². The normalized spacial score (nSPS) is 15.5. The summed E-state index contributed by atoms with van der Waals surface area (Å²) in [6.45, 7) is 2.35. The number of aromatic nitrogens is 1. The highest BCUT2D eigenvalue weighted by atomic mass is 16.4. The number of amides is 1. The molecule has 1 atom stereocenters. The molecule has 1 aromatic heterocycles. The van der Waals surface area contributed by atoms with E-state index in [-0.39, 0.29) is 17.5 Å². The Morgan fingerprint density at radius 3 is 2.50 bits per heavy atom. The van der Waals surface area contributed by atoms with Crippen molar-refractivity contribution >= 4 is 11.9 Å². The quantitative estimate of drug-likeness (QED) is 0.798. The molecule has 1 fully saturated rings. The van der Waals surface area contributed by atoms with Gasteiger partial charge in [-0.2, -0.15) is 0 Å². The minimum absolute atomic E-state index is 0.0120. The van der Waals surface area contributed by atoms with Gasteiger partial charge in [0, 0.05) is 18.9 Å². The summed E-state index contributed by atoms with van der Waals surface area (Å²) in [5.41, 5.74) is 2.18. The van der Waals surface area contributed by atoms with Gasteiger partial charge >= 0.3 is 5.97 Å². The summed E-state index contributed by atoms with van der Waals surface area (Å²) < 4.78 is 0. The summed E-state index contributed by atoms with van der Waals surface area (Å²) in [6.07, 6.45) is 6.35. The summed E-state index contributed by atoms with van der Waals surface area (Å²) in [7, 11) is 0. The topological polar surface area (TPSA) is 82.5 Å². The Morgan fingerprint density at radius 2 is 1.88 bits per heavy atom. The molecule has 2 aromatic rings. The number of carbonyl (C=O) groups excluding carboxylic acids is 1. The molecule has 1 amide bonds. The van der Waals surface area contributed by atoms with Crippen LogP contribution in [0.5, 0.6) is 0 Å². The lowest BCUT2D eigenvalue weighted by atomic mass is 10.1. The lowest BCUT2D eigenvalue weighted by molar-refractivity contribution is -0.126. The zero-order valence-electron chi connectivity index (χ0n) is 14.6. The minimum Gasteiger partial charge on any atom is -0.478 e. The number of aromatic carboxylic acids is 1. The number of nitrogens with one attached hydrogen (secondary N) is 1. The highest BCUT2D eigenvalue weighted by Gasteiger charge is 2.29. The summed E-state index contributed by atoms with van der Waals surface area (Å²) >= 11 is 0. The Kier molecular flexibility index (Phi) is 5.96. The third kappa shape index (κ3) is 4.46. The maximum atomic E-state index is 12.8. The Balaban J connectivity index is 1.60. The van der Waals surface area contributed by atoms with Crippen LogP contribution in [0.3, 0.4) is 0 Å². The molecule has 3 rings (SSSR count). The molecule has 1 aromatic carbocycles. The van der Waals surface area contributed by atoms with Crippen LogP contribution in [0, 0.1) is 0 Å². The minimum atomic E-state index is -0.935. The molecule has 6 heteroatoms. The van der Waals surface area contributed by atoms with Crippen LogP contribution in [0.25, 0.3) is 0 Å². The second kappa shape index (κ2) is 8.58. The van der Waals surface area contributed by atoms with E-state index in [0.717, 1.165) is 37.1 Å². The van der Waals surface area contributed by atoms with Crippen LogP contribution < -0.4 is 5.32 Å². The van der Waals surface area contributed by atoms with Gasteiger partial charge in [-0.3, -0.25) is 14.7 Å². The standard InChI is InChI=1S/C20H23N3O3/c24-19(22-11-9-15-5-7-16(8-6-15)20(25)26)18(23-12-1-2-13-23)17-4-3-10-21-14-17/h3-8,10,14,18H,1-2,9,11-13H2,(H,22,24)(H,25,26)/t18-/m0/s1. The first kappa shape index (κ1) is 18.1. The van der Waals surface area contributed by atoms with Gasteiger partial charge in [-0.05, 0) is 61.7 Å². The van der Waals surface area contributed by atoms with Crippen molar-refractivity contribution in [3.63, 3.8) is 0 Å². The van der Waals surface area contributed by atoms with Gasteiger partial charge in [0.15, 0.2) is 0 Å². The molecule has 0 aliphatic carbocycles. The summed E-state index contributed by atoms with van der Waals surface area (Å²) in [5, 5.41) is 12.0. The summed E-state index contributed by atoms with van der Waals surface area (Å²) in [6, 6.07) is 10.2. The van der Waals surface area contributed by atoms with Gasteiger partial charge in [0.2, 0.25) is 5.91 Å². The van der Waals surface area contributed by atoms with Crippen LogP contribution in [-0.4, -0.2) is 46.5 Å². The number of carbonyl (C=O) groups is 2. The molecule has 0 radical (unpaired) electrons. The highest BCUT2D eigenvalue weighted by Crippen LogP contribution is 2.24. The first-order valence-corrected chi connectivity index (χ1v) is 8.89. The largest absolute Gasteiger partial charge is 0.478 e. The molecule has 0 unspecified atom stereocenters. The van der Waals surface area contributed by atoms with Crippen LogP contribution in [0.1, 0.15) is 40.4 Å². The molecule has 26 heavy (non-hydrogen) atoms. The van der Waals surface area contributed by atoms with Gasteiger partial charge in [0.25, 0.3) is 0 Å². The molecule has 2 heterocycles. The van der Waals surface area contributed by atoms with Crippen LogP contribution in [0.15, 0.2) is 48.8 Å². The van der Waals surface area contributed by atoms with Gasteiger partial charge in [-0.25, -0.2) is 4.79 Å². The monoisotopic (exact) mass is 353 g/mol. The third-order valence-corrected chi connectivity index (χ3v) is 4.67. The number of rotatable bonds is 7. The van der Waals surface area contributed by atoms with Crippen molar-refractivity contribution < 1.29 is 14.7 Å². The van der Waals surface area contributed by atoms with Crippen molar-refractivity contribution in [3.05, 3.63) is 65.5 Å². The van der Waals surface area contributed by atoms with E-state index in [1.165, 1.54) is 0 Å². The molecular weight excluding hydrogens is 330 g/mol. The number of nitrogens with zero attached hydrogens (tertiary/aromatic N) is 2. The van der Waals surface area contributed by atoms with Crippen LogP contribution in [-0.2, 0) is 11.2 Å². The number of likely N-dealkylation sites (tertiary alicyclic amines) is 1. The molecule has 6 nitrogen and oxygen atoms in total. The lowest BCUT2D eigenvalue weighted by Gasteiger charge is -2.26. The van der Waals surface area contributed by atoms with Crippen molar-refractivity contribution in [2.24, 2.45) is 0 Å². The first-order valence-electron chi connectivity index (χ1n) is 8.89. The Bertz CT molecular complexity index is 741. The molecular formula is C20H23N3O3.